The highest BCUT2D eigenvalue weighted by Crippen LogP contribution is 2.25. The Labute approximate surface area is 117 Å². The van der Waals surface area contributed by atoms with E-state index < -0.39 is 0 Å². The van der Waals surface area contributed by atoms with Crippen LogP contribution in [0.3, 0.4) is 0 Å². The maximum absolute atomic E-state index is 5.61. The zero-order valence-electron chi connectivity index (χ0n) is 11.2. The Bertz CT molecular complexity index is 738. The fourth-order valence-electron chi connectivity index (χ4n) is 2.22. The van der Waals surface area contributed by atoms with E-state index >= 15 is 0 Å². The van der Waals surface area contributed by atoms with Crippen molar-refractivity contribution in [1.29, 1.82) is 0 Å². The lowest BCUT2D eigenvalue weighted by atomic mass is 10.0. The molecule has 0 saturated carbocycles. The normalized spacial score (nSPS) is 10.7. The number of ether oxygens (including phenoxy) is 1. The minimum absolute atomic E-state index is 0.577. The van der Waals surface area contributed by atoms with Crippen LogP contribution in [0.25, 0.3) is 10.8 Å². The van der Waals surface area contributed by atoms with Crippen molar-refractivity contribution in [3.63, 3.8) is 0 Å². The Morgan fingerprint density at radius 1 is 1.10 bits per heavy atom. The zero-order valence-corrected chi connectivity index (χ0v) is 11.2. The SMILES string of the molecule is COc1ccc2cccc(Cc3ncc(N)cn3)c2c1. The summed E-state index contributed by atoms with van der Waals surface area (Å²) in [4.78, 5) is 8.51. The molecule has 0 atom stereocenters. The number of hydrogen-bond acceptors (Lipinski definition) is 4. The lowest BCUT2D eigenvalue weighted by Gasteiger charge is -2.08. The van der Waals surface area contributed by atoms with Crippen LogP contribution in [0.15, 0.2) is 48.8 Å². The Kier molecular flexibility index (Phi) is 3.21. The molecule has 0 fully saturated rings. The molecule has 100 valence electrons. The molecule has 2 aromatic carbocycles. The Balaban J connectivity index is 2.04. The standard InChI is InChI=1S/C16H15N3O/c1-20-14-6-5-11-3-2-4-12(15(11)8-14)7-16-18-9-13(17)10-19-16/h2-6,8-10H,7,17H2,1H3. The lowest BCUT2D eigenvalue weighted by Crippen LogP contribution is -1.98. The van der Waals surface area contributed by atoms with Crippen molar-refractivity contribution in [1.82, 2.24) is 9.97 Å². The molecule has 0 radical (unpaired) electrons. The van der Waals surface area contributed by atoms with Crippen LogP contribution in [-0.4, -0.2) is 17.1 Å². The molecule has 0 amide bonds. The van der Waals surface area contributed by atoms with Gasteiger partial charge in [0.05, 0.1) is 25.2 Å². The molecular formula is C16H15N3O. The number of nitrogens with zero attached hydrogens (tertiary/aromatic N) is 2. The molecule has 1 heterocycles. The Morgan fingerprint density at radius 3 is 2.65 bits per heavy atom. The number of hydrogen-bond donors (Lipinski definition) is 1. The number of methoxy groups -OCH3 is 1. The highest BCUT2D eigenvalue weighted by Gasteiger charge is 2.05. The van der Waals surface area contributed by atoms with Crippen LogP contribution in [0.4, 0.5) is 5.69 Å². The Hall–Kier alpha value is -2.62. The van der Waals surface area contributed by atoms with E-state index in [0.717, 1.165) is 17.0 Å². The predicted molar refractivity (Wildman–Crippen MR) is 79.8 cm³/mol. The van der Waals surface area contributed by atoms with Crippen molar-refractivity contribution in [2.24, 2.45) is 0 Å². The highest BCUT2D eigenvalue weighted by atomic mass is 16.5. The van der Waals surface area contributed by atoms with Gasteiger partial charge in [-0.15, -0.1) is 0 Å². The number of rotatable bonds is 3. The number of fused-ring (bicyclic) bond motifs is 1. The van der Waals surface area contributed by atoms with E-state index in [-0.39, 0.29) is 0 Å². The van der Waals surface area contributed by atoms with E-state index in [2.05, 4.69) is 28.2 Å². The second-order valence-electron chi connectivity index (χ2n) is 4.61. The monoisotopic (exact) mass is 265 g/mol. The van der Waals surface area contributed by atoms with Crippen LogP contribution in [0.2, 0.25) is 0 Å². The van der Waals surface area contributed by atoms with Crippen molar-refractivity contribution >= 4 is 16.5 Å². The van der Waals surface area contributed by atoms with Gasteiger partial charge in [0.15, 0.2) is 0 Å². The molecule has 0 bridgehead atoms. The number of benzene rings is 2. The zero-order chi connectivity index (χ0) is 13.9. The fourth-order valence-corrected chi connectivity index (χ4v) is 2.22. The predicted octanol–water partition coefficient (Wildman–Crippen LogP) is 2.81. The van der Waals surface area contributed by atoms with Gasteiger partial charge in [0.2, 0.25) is 0 Å². The molecule has 1 aromatic heterocycles. The minimum atomic E-state index is 0.577. The molecular weight excluding hydrogens is 250 g/mol. The number of nitrogens with two attached hydrogens (primary N) is 1. The molecule has 0 unspecified atom stereocenters. The average Bonchev–Trinajstić information content (AvgIpc) is 2.49. The first-order valence-corrected chi connectivity index (χ1v) is 6.38. The van der Waals surface area contributed by atoms with Crippen molar-refractivity contribution in [2.75, 3.05) is 12.8 Å². The van der Waals surface area contributed by atoms with E-state index in [1.54, 1.807) is 19.5 Å². The summed E-state index contributed by atoms with van der Waals surface area (Å²) < 4.78 is 5.30. The molecule has 4 heteroatoms. The van der Waals surface area contributed by atoms with Crippen molar-refractivity contribution in [3.8, 4) is 5.75 Å². The van der Waals surface area contributed by atoms with E-state index in [9.17, 15) is 0 Å². The highest BCUT2D eigenvalue weighted by molar-refractivity contribution is 5.87. The van der Waals surface area contributed by atoms with E-state index in [4.69, 9.17) is 10.5 Å². The third-order valence-corrected chi connectivity index (χ3v) is 3.25. The largest absolute Gasteiger partial charge is 0.497 e. The van der Waals surface area contributed by atoms with Crippen LogP contribution in [0.5, 0.6) is 5.75 Å². The summed E-state index contributed by atoms with van der Waals surface area (Å²) in [6.07, 6.45) is 3.94. The molecule has 2 N–H and O–H groups in total. The molecule has 3 aromatic rings. The van der Waals surface area contributed by atoms with E-state index in [0.29, 0.717) is 12.1 Å². The third kappa shape index (κ3) is 2.40. The Morgan fingerprint density at radius 2 is 1.90 bits per heavy atom. The summed E-state index contributed by atoms with van der Waals surface area (Å²) in [6.45, 7) is 0. The third-order valence-electron chi connectivity index (χ3n) is 3.25. The van der Waals surface area contributed by atoms with Gasteiger partial charge in [-0.2, -0.15) is 0 Å². The molecule has 0 spiro atoms. The van der Waals surface area contributed by atoms with Gasteiger partial charge >= 0.3 is 0 Å². The smallest absolute Gasteiger partial charge is 0.132 e. The van der Waals surface area contributed by atoms with Gasteiger partial charge < -0.3 is 10.5 Å². The van der Waals surface area contributed by atoms with Crippen molar-refractivity contribution in [3.05, 3.63) is 60.2 Å². The van der Waals surface area contributed by atoms with Crippen LogP contribution in [0.1, 0.15) is 11.4 Å². The molecule has 0 aliphatic carbocycles. The topological polar surface area (TPSA) is 61.0 Å². The molecule has 0 saturated heterocycles. The maximum atomic E-state index is 5.61. The minimum Gasteiger partial charge on any atom is -0.497 e. The van der Waals surface area contributed by atoms with Gasteiger partial charge in [0.25, 0.3) is 0 Å². The number of nitrogen functional groups attached to an aromatic ring is 1. The summed E-state index contributed by atoms with van der Waals surface area (Å²) in [5, 5.41) is 2.34. The van der Waals surface area contributed by atoms with Gasteiger partial charge in [-0.05, 0) is 28.5 Å². The van der Waals surface area contributed by atoms with Gasteiger partial charge in [-0.1, -0.05) is 24.3 Å². The second kappa shape index (κ2) is 5.17. The van der Waals surface area contributed by atoms with Crippen molar-refractivity contribution < 1.29 is 4.74 Å². The van der Waals surface area contributed by atoms with Gasteiger partial charge in [0.1, 0.15) is 11.6 Å². The molecule has 0 aliphatic rings. The molecule has 0 aliphatic heterocycles. The summed E-state index contributed by atoms with van der Waals surface area (Å²) >= 11 is 0. The van der Waals surface area contributed by atoms with Crippen molar-refractivity contribution in [2.45, 2.75) is 6.42 Å². The average molecular weight is 265 g/mol. The van der Waals surface area contributed by atoms with Gasteiger partial charge in [-0.3, -0.25) is 0 Å². The number of aromatic nitrogens is 2. The first-order valence-electron chi connectivity index (χ1n) is 6.38. The maximum Gasteiger partial charge on any atom is 0.132 e. The van der Waals surface area contributed by atoms with Crippen LogP contribution in [0, 0.1) is 0 Å². The van der Waals surface area contributed by atoms with Crippen LogP contribution in [-0.2, 0) is 6.42 Å². The summed E-state index contributed by atoms with van der Waals surface area (Å²) in [6, 6.07) is 12.3. The first-order chi connectivity index (χ1) is 9.76. The molecule has 4 nitrogen and oxygen atoms in total. The van der Waals surface area contributed by atoms with E-state index in [1.165, 1.54) is 10.9 Å². The summed E-state index contributed by atoms with van der Waals surface area (Å²) in [5.74, 6) is 1.61. The van der Waals surface area contributed by atoms with E-state index in [1.807, 2.05) is 18.2 Å². The molecule has 3 rings (SSSR count). The van der Waals surface area contributed by atoms with Gasteiger partial charge in [0, 0.05) is 6.42 Å². The summed E-state index contributed by atoms with van der Waals surface area (Å²) in [5.41, 5.74) is 7.36. The lowest BCUT2D eigenvalue weighted by molar-refractivity contribution is 0.415. The van der Waals surface area contributed by atoms with Crippen LogP contribution < -0.4 is 10.5 Å². The molecule has 20 heavy (non-hydrogen) atoms. The van der Waals surface area contributed by atoms with Crippen LogP contribution >= 0.6 is 0 Å². The fraction of sp³-hybridized carbons (Fsp3) is 0.125. The van der Waals surface area contributed by atoms with Gasteiger partial charge in [-0.25, -0.2) is 9.97 Å². The second-order valence-corrected chi connectivity index (χ2v) is 4.61. The first kappa shape index (κ1) is 12.4. The quantitative estimate of drug-likeness (QED) is 0.791. The number of anilines is 1. The summed E-state index contributed by atoms with van der Waals surface area (Å²) in [7, 11) is 1.67.